The van der Waals surface area contributed by atoms with Crippen molar-refractivity contribution >= 4 is 22.8 Å². The summed E-state index contributed by atoms with van der Waals surface area (Å²) in [4.78, 5) is 23.5. The van der Waals surface area contributed by atoms with E-state index >= 15 is 0 Å². The lowest BCUT2D eigenvalue weighted by Gasteiger charge is -2.10. The number of aryl methyl sites for hydroxylation is 1. The van der Waals surface area contributed by atoms with Gasteiger partial charge in [0, 0.05) is 17.0 Å². The minimum absolute atomic E-state index is 0.175. The monoisotopic (exact) mass is 291 g/mol. The van der Waals surface area contributed by atoms with Gasteiger partial charge in [0.1, 0.15) is 17.4 Å². The maximum atomic E-state index is 12.2. The van der Waals surface area contributed by atoms with Gasteiger partial charge in [-0.05, 0) is 26.0 Å². The number of amides is 1. The third kappa shape index (κ3) is 2.84. The molecule has 1 N–H and O–H groups in total. The van der Waals surface area contributed by atoms with Gasteiger partial charge in [-0.3, -0.25) is 4.79 Å². The van der Waals surface area contributed by atoms with Crippen molar-refractivity contribution in [1.82, 2.24) is 5.32 Å². The number of carbonyl (C=O) groups excluding carboxylic acids is 2. The first-order valence-electron chi connectivity index (χ1n) is 6.43. The van der Waals surface area contributed by atoms with Crippen LogP contribution in [-0.4, -0.2) is 32.1 Å². The fraction of sp³-hybridized carbons (Fsp3) is 0.333. The van der Waals surface area contributed by atoms with Crippen molar-refractivity contribution in [3.8, 4) is 5.75 Å². The van der Waals surface area contributed by atoms with Crippen molar-refractivity contribution in [3.63, 3.8) is 0 Å². The van der Waals surface area contributed by atoms with E-state index in [9.17, 15) is 9.59 Å². The average molecular weight is 291 g/mol. The molecular weight excluding hydrogens is 274 g/mol. The summed E-state index contributed by atoms with van der Waals surface area (Å²) in [5.74, 6) is -0.153. The van der Waals surface area contributed by atoms with Gasteiger partial charge in [0.05, 0.1) is 14.2 Å². The Labute approximate surface area is 122 Å². The number of carbonyl (C=O) groups is 2. The summed E-state index contributed by atoms with van der Waals surface area (Å²) in [7, 11) is 2.83. The van der Waals surface area contributed by atoms with Gasteiger partial charge in [0.15, 0.2) is 5.76 Å². The van der Waals surface area contributed by atoms with Crippen molar-refractivity contribution in [3.05, 3.63) is 29.5 Å². The summed E-state index contributed by atoms with van der Waals surface area (Å²) in [6.07, 6.45) is 0. The Morgan fingerprint density at radius 1 is 1.29 bits per heavy atom. The van der Waals surface area contributed by atoms with E-state index < -0.39 is 17.9 Å². The molecule has 2 rings (SSSR count). The van der Waals surface area contributed by atoms with Crippen molar-refractivity contribution in [2.24, 2.45) is 0 Å². The maximum absolute atomic E-state index is 12.2. The summed E-state index contributed by atoms with van der Waals surface area (Å²) in [6.45, 7) is 3.33. The number of hydrogen-bond acceptors (Lipinski definition) is 5. The zero-order valence-corrected chi connectivity index (χ0v) is 12.4. The van der Waals surface area contributed by atoms with Gasteiger partial charge in [-0.1, -0.05) is 0 Å². The molecule has 0 aliphatic heterocycles. The quantitative estimate of drug-likeness (QED) is 0.872. The average Bonchev–Trinajstić information content (AvgIpc) is 2.82. The largest absolute Gasteiger partial charge is 0.497 e. The topological polar surface area (TPSA) is 77.8 Å². The first-order valence-corrected chi connectivity index (χ1v) is 6.43. The Kier molecular flexibility index (Phi) is 4.16. The maximum Gasteiger partial charge on any atom is 0.328 e. The minimum atomic E-state index is -0.746. The number of methoxy groups -OCH3 is 2. The summed E-state index contributed by atoms with van der Waals surface area (Å²) < 4.78 is 15.3. The van der Waals surface area contributed by atoms with E-state index in [1.54, 1.807) is 33.1 Å². The molecule has 112 valence electrons. The second kappa shape index (κ2) is 5.87. The zero-order chi connectivity index (χ0) is 15.6. The van der Waals surface area contributed by atoms with Crippen LogP contribution < -0.4 is 10.1 Å². The lowest BCUT2D eigenvalue weighted by atomic mass is 10.1. The molecule has 1 amide bonds. The Balaban J connectivity index is 2.31. The van der Waals surface area contributed by atoms with Crippen molar-refractivity contribution < 1.29 is 23.5 Å². The fourth-order valence-electron chi connectivity index (χ4n) is 2.05. The molecule has 0 unspecified atom stereocenters. The second-order valence-electron chi connectivity index (χ2n) is 4.64. The van der Waals surface area contributed by atoms with Crippen LogP contribution in [0.25, 0.3) is 11.0 Å². The van der Waals surface area contributed by atoms with Gasteiger partial charge in [-0.25, -0.2) is 4.79 Å². The summed E-state index contributed by atoms with van der Waals surface area (Å²) in [6, 6.07) is 4.59. The lowest BCUT2D eigenvalue weighted by molar-refractivity contribution is -0.142. The molecule has 0 aliphatic carbocycles. The first kappa shape index (κ1) is 14.9. The molecule has 1 atom stereocenters. The standard InChI is InChI=1S/C15H17NO5/c1-8-11-6-5-10(19-3)7-12(11)21-13(8)14(17)16-9(2)15(18)20-4/h5-7,9H,1-4H3,(H,16,17)/t9-/m0/s1. The predicted molar refractivity (Wildman–Crippen MR) is 76.4 cm³/mol. The number of esters is 1. The lowest BCUT2D eigenvalue weighted by Crippen LogP contribution is -2.39. The van der Waals surface area contributed by atoms with Crippen LogP contribution in [0.5, 0.6) is 5.75 Å². The van der Waals surface area contributed by atoms with Gasteiger partial charge in [-0.15, -0.1) is 0 Å². The number of nitrogens with one attached hydrogen (secondary N) is 1. The number of rotatable bonds is 4. The van der Waals surface area contributed by atoms with Crippen molar-refractivity contribution in [1.29, 1.82) is 0 Å². The Bertz CT molecular complexity index is 689. The third-order valence-corrected chi connectivity index (χ3v) is 3.25. The molecule has 0 saturated carbocycles. The minimum Gasteiger partial charge on any atom is -0.497 e. The molecule has 0 fully saturated rings. The highest BCUT2D eigenvalue weighted by Crippen LogP contribution is 2.28. The molecule has 1 aromatic heterocycles. The molecular formula is C15H17NO5. The molecule has 0 bridgehead atoms. The molecule has 0 saturated heterocycles. The first-order chi connectivity index (χ1) is 9.97. The van der Waals surface area contributed by atoms with Crippen LogP contribution in [0.3, 0.4) is 0 Å². The highest BCUT2D eigenvalue weighted by atomic mass is 16.5. The van der Waals surface area contributed by atoms with E-state index in [-0.39, 0.29) is 5.76 Å². The van der Waals surface area contributed by atoms with Crippen LogP contribution in [0, 0.1) is 6.92 Å². The van der Waals surface area contributed by atoms with E-state index in [4.69, 9.17) is 9.15 Å². The normalized spacial score (nSPS) is 12.0. The molecule has 0 spiro atoms. The SMILES string of the molecule is COC(=O)[C@H](C)NC(=O)c1oc2cc(OC)ccc2c1C. The molecule has 6 heteroatoms. The smallest absolute Gasteiger partial charge is 0.328 e. The van der Waals surface area contributed by atoms with Gasteiger partial charge in [-0.2, -0.15) is 0 Å². The summed E-state index contributed by atoms with van der Waals surface area (Å²) >= 11 is 0. The Hall–Kier alpha value is -2.50. The fourth-order valence-corrected chi connectivity index (χ4v) is 2.05. The van der Waals surface area contributed by atoms with Gasteiger partial charge < -0.3 is 19.2 Å². The molecule has 1 aromatic carbocycles. The molecule has 6 nitrogen and oxygen atoms in total. The van der Waals surface area contributed by atoms with Crippen LogP contribution in [0.1, 0.15) is 23.0 Å². The zero-order valence-electron chi connectivity index (χ0n) is 12.4. The Morgan fingerprint density at radius 2 is 2.00 bits per heavy atom. The Morgan fingerprint density at radius 3 is 2.62 bits per heavy atom. The van der Waals surface area contributed by atoms with Gasteiger partial charge >= 0.3 is 5.97 Å². The second-order valence-corrected chi connectivity index (χ2v) is 4.64. The van der Waals surface area contributed by atoms with Crippen LogP contribution in [0.15, 0.2) is 22.6 Å². The van der Waals surface area contributed by atoms with E-state index in [1.165, 1.54) is 7.11 Å². The van der Waals surface area contributed by atoms with Crippen LogP contribution >= 0.6 is 0 Å². The highest BCUT2D eigenvalue weighted by molar-refractivity contribution is 6.00. The third-order valence-electron chi connectivity index (χ3n) is 3.25. The molecule has 2 aromatic rings. The summed E-state index contributed by atoms with van der Waals surface area (Å²) in [5, 5.41) is 3.36. The van der Waals surface area contributed by atoms with Crippen LogP contribution in [0.4, 0.5) is 0 Å². The predicted octanol–water partition coefficient (Wildman–Crippen LogP) is 2.04. The van der Waals surface area contributed by atoms with E-state index in [1.807, 2.05) is 6.07 Å². The highest BCUT2D eigenvalue weighted by Gasteiger charge is 2.22. The molecule has 1 heterocycles. The molecule has 0 aliphatic rings. The van der Waals surface area contributed by atoms with E-state index in [0.29, 0.717) is 16.9 Å². The van der Waals surface area contributed by atoms with Gasteiger partial charge in [0.25, 0.3) is 5.91 Å². The summed E-state index contributed by atoms with van der Waals surface area (Å²) in [5.41, 5.74) is 1.27. The van der Waals surface area contributed by atoms with Crippen LogP contribution in [-0.2, 0) is 9.53 Å². The number of hydrogen-bond donors (Lipinski definition) is 1. The molecule has 21 heavy (non-hydrogen) atoms. The number of ether oxygens (including phenoxy) is 2. The van der Waals surface area contributed by atoms with Gasteiger partial charge in [0.2, 0.25) is 0 Å². The number of furan rings is 1. The number of benzene rings is 1. The van der Waals surface area contributed by atoms with E-state index in [2.05, 4.69) is 10.1 Å². The molecule has 0 radical (unpaired) electrons. The van der Waals surface area contributed by atoms with Crippen LogP contribution in [0.2, 0.25) is 0 Å². The number of fused-ring (bicyclic) bond motifs is 1. The van der Waals surface area contributed by atoms with E-state index in [0.717, 1.165) is 5.39 Å². The van der Waals surface area contributed by atoms with Crippen molar-refractivity contribution in [2.75, 3.05) is 14.2 Å². The van der Waals surface area contributed by atoms with Crippen molar-refractivity contribution in [2.45, 2.75) is 19.9 Å².